The van der Waals surface area contributed by atoms with E-state index in [9.17, 15) is 14.7 Å². The molecule has 0 fully saturated rings. The van der Waals surface area contributed by atoms with Gasteiger partial charge in [0.15, 0.2) is 0 Å². The molecule has 0 saturated heterocycles. The van der Waals surface area contributed by atoms with Gasteiger partial charge in [-0.1, -0.05) is 0 Å². The molecule has 0 spiro atoms. The second-order valence-electron chi connectivity index (χ2n) is 2.61. The number of phenolic OH excluding ortho intramolecular Hbond substituents is 1. The molecule has 15 heavy (non-hydrogen) atoms. The Labute approximate surface area is 113 Å². The van der Waals surface area contributed by atoms with Crippen LogP contribution in [0.15, 0.2) is 12.1 Å². The fraction of sp³-hybridized carbons (Fsp3) is 0. The number of hydrogen-bond donors (Lipinski definition) is 3. The van der Waals surface area contributed by atoms with Gasteiger partial charge in [-0.2, -0.15) is 0 Å². The van der Waals surface area contributed by atoms with E-state index in [0.29, 0.717) is 7.14 Å². The summed E-state index contributed by atoms with van der Waals surface area (Å²) in [7, 11) is 0. The second-order valence-corrected chi connectivity index (χ2v) is 4.93. The lowest BCUT2D eigenvalue weighted by Crippen LogP contribution is -2.35. The number of imide groups is 1. The maximum absolute atomic E-state index is 11.4. The van der Waals surface area contributed by atoms with Gasteiger partial charge in [-0.15, -0.1) is 0 Å². The molecule has 80 valence electrons. The number of rotatable bonds is 1. The molecule has 0 aliphatic carbocycles. The minimum atomic E-state index is -0.905. The first kappa shape index (κ1) is 12.5. The number of aromatic hydroxyl groups is 1. The number of hydrogen-bond acceptors (Lipinski definition) is 3. The Balaban J connectivity index is 3.06. The minimum Gasteiger partial charge on any atom is -0.506 e. The Bertz CT molecular complexity index is 411. The summed E-state index contributed by atoms with van der Waals surface area (Å²) in [5, 5.41) is 11.4. The molecule has 5 nitrogen and oxygen atoms in total. The number of carbonyl (C=O) groups excluding carboxylic acids is 2. The van der Waals surface area contributed by atoms with Gasteiger partial charge in [0, 0.05) is 5.56 Å². The summed E-state index contributed by atoms with van der Waals surface area (Å²) in [6.45, 7) is 0. The molecule has 1 aromatic carbocycles. The third-order valence-corrected chi connectivity index (χ3v) is 3.16. The minimum absolute atomic E-state index is 0.117. The molecule has 0 unspecified atom stereocenters. The average Bonchev–Trinajstić information content (AvgIpc) is 2.12. The molecule has 0 atom stereocenters. The van der Waals surface area contributed by atoms with Crippen LogP contribution in [0.4, 0.5) is 4.79 Å². The predicted molar refractivity (Wildman–Crippen MR) is 70.6 cm³/mol. The topological polar surface area (TPSA) is 92.4 Å². The molecular formula is C8H6I2N2O3. The highest BCUT2D eigenvalue weighted by atomic mass is 127. The van der Waals surface area contributed by atoms with Gasteiger partial charge in [0.25, 0.3) is 5.91 Å². The molecule has 4 N–H and O–H groups in total. The molecule has 0 bridgehead atoms. The maximum Gasteiger partial charge on any atom is 0.319 e. The van der Waals surface area contributed by atoms with Crippen molar-refractivity contribution in [1.29, 1.82) is 0 Å². The number of carbonyl (C=O) groups is 2. The van der Waals surface area contributed by atoms with Crippen molar-refractivity contribution in [2.75, 3.05) is 0 Å². The number of benzene rings is 1. The molecule has 0 heterocycles. The van der Waals surface area contributed by atoms with E-state index in [1.165, 1.54) is 12.1 Å². The normalized spacial score (nSPS) is 9.73. The van der Waals surface area contributed by atoms with E-state index < -0.39 is 11.9 Å². The van der Waals surface area contributed by atoms with Crippen molar-refractivity contribution in [3.63, 3.8) is 0 Å². The van der Waals surface area contributed by atoms with Crippen molar-refractivity contribution in [3.05, 3.63) is 24.8 Å². The van der Waals surface area contributed by atoms with Crippen molar-refractivity contribution >= 4 is 57.1 Å². The smallest absolute Gasteiger partial charge is 0.319 e. The highest BCUT2D eigenvalue weighted by Gasteiger charge is 2.12. The second kappa shape index (κ2) is 4.96. The van der Waals surface area contributed by atoms with Crippen LogP contribution in [0.3, 0.4) is 0 Å². The van der Waals surface area contributed by atoms with Crippen molar-refractivity contribution in [1.82, 2.24) is 5.32 Å². The van der Waals surface area contributed by atoms with E-state index in [1.54, 1.807) is 0 Å². The third kappa shape index (κ3) is 3.19. The lowest BCUT2D eigenvalue weighted by atomic mass is 10.2. The first-order chi connectivity index (χ1) is 6.91. The molecule has 0 saturated carbocycles. The molecule has 0 aromatic heterocycles. The van der Waals surface area contributed by atoms with E-state index >= 15 is 0 Å². The quantitative estimate of drug-likeness (QED) is 0.587. The predicted octanol–water partition coefficient (Wildman–Crippen LogP) is 1.41. The molecular weight excluding hydrogens is 426 g/mol. The fourth-order valence-electron chi connectivity index (χ4n) is 0.881. The third-order valence-electron chi connectivity index (χ3n) is 1.52. The number of phenols is 1. The van der Waals surface area contributed by atoms with Gasteiger partial charge in [0.05, 0.1) is 7.14 Å². The first-order valence-electron chi connectivity index (χ1n) is 3.70. The van der Waals surface area contributed by atoms with Gasteiger partial charge in [-0.05, 0) is 57.3 Å². The Morgan fingerprint density at radius 1 is 1.27 bits per heavy atom. The van der Waals surface area contributed by atoms with Crippen LogP contribution in [0.1, 0.15) is 10.4 Å². The van der Waals surface area contributed by atoms with E-state index in [2.05, 4.69) is 0 Å². The zero-order valence-corrected chi connectivity index (χ0v) is 11.6. The van der Waals surface area contributed by atoms with E-state index in [4.69, 9.17) is 5.73 Å². The van der Waals surface area contributed by atoms with E-state index in [1.807, 2.05) is 50.5 Å². The summed E-state index contributed by atoms with van der Waals surface area (Å²) in [4.78, 5) is 21.8. The summed E-state index contributed by atoms with van der Waals surface area (Å²) >= 11 is 3.78. The van der Waals surface area contributed by atoms with E-state index in [0.717, 1.165) is 0 Å². The Kier molecular flexibility index (Phi) is 4.13. The number of nitrogens with two attached hydrogens (primary N) is 1. The van der Waals surface area contributed by atoms with Crippen molar-refractivity contribution in [2.45, 2.75) is 0 Å². The van der Waals surface area contributed by atoms with Crippen LogP contribution >= 0.6 is 45.2 Å². The Hall–Kier alpha value is -0.580. The summed E-state index contributed by atoms with van der Waals surface area (Å²) in [6, 6.07) is 2.03. The largest absolute Gasteiger partial charge is 0.506 e. The van der Waals surface area contributed by atoms with Crippen LogP contribution in [0, 0.1) is 7.14 Å². The Morgan fingerprint density at radius 2 is 1.73 bits per heavy atom. The maximum atomic E-state index is 11.4. The monoisotopic (exact) mass is 432 g/mol. The van der Waals surface area contributed by atoms with Gasteiger partial charge in [-0.25, -0.2) is 4.79 Å². The fourth-order valence-corrected chi connectivity index (χ4v) is 2.65. The van der Waals surface area contributed by atoms with Gasteiger partial charge in [-0.3, -0.25) is 10.1 Å². The summed E-state index contributed by atoms with van der Waals surface area (Å²) in [5.74, 6) is -0.467. The standard InChI is InChI=1S/C8H6I2N2O3/c9-4-1-3(2-5(10)6(4)13)7(14)12-8(11)15/h1-2,13H,(H3,11,12,14,15). The molecule has 0 aliphatic rings. The zero-order valence-electron chi connectivity index (χ0n) is 7.25. The van der Waals surface area contributed by atoms with Crippen LogP contribution in [-0.2, 0) is 0 Å². The highest BCUT2D eigenvalue weighted by Crippen LogP contribution is 2.27. The molecule has 1 rings (SSSR count). The van der Waals surface area contributed by atoms with Crippen molar-refractivity contribution in [3.8, 4) is 5.75 Å². The lowest BCUT2D eigenvalue weighted by Gasteiger charge is -2.05. The van der Waals surface area contributed by atoms with Crippen molar-refractivity contribution in [2.24, 2.45) is 5.73 Å². The first-order valence-corrected chi connectivity index (χ1v) is 5.86. The summed E-state index contributed by atoms with van der Waals surface area (Å²) < 4.78 is 1.07. The molecule has 0 radical (unpaired) electrons. The van der Waals surface area contributed by atoms with Gasteiger partial charge >= 0.3 is 6.03 Å². The Morgan fingerprint density at radius 3 is 2.13 bits per heavy atom. The number of nitrogens with one attached hydrogen (secondary N) is 1. The van der Waals surface area contributed by atoms with Gasteiger partial charge in [0.2, 0.25) is 0 Å². The lowest BCUT2D eigenvalue weighted by molar-refractivity contribution is 0.0966. The van der Waals surface area contributed by atoms with Crippen LogP contribution in [0.5, 0.6) is 5.75 Å². The molecule has 7 heteroatoms. The number of primary amides is 1. The van der Waals surface area contributed by atoms with Crippen LogP contribution in [-0.4, -0.2) is 17.0 Å². The van der Waals surface area contributed by atoms with Gasteiger partial charge < -0.3 is 10.8 Å². The van der Waals surface area contributed by atoms with Crippen molar-refractivity contribution < 1.29 is 14.7 Å². The van der Waals surface area contributed by atoms with Crippen LogP contribution < -0.4 is 11.1 Å². The number of halogens is 2. The average molecular weight is 432 g/mol. The van der Waals surface area contributed by atoms with Gasteiger partial charge in [0.1, 0.15) is 5.75 Å². The summed E-state index contributed by atoms with van der Waals surface area (Å²) in [5.41, 5.74) is 5.09. The molecule has 1 aromatic rings. The summed E-state index contributed by atoms with van der Waals surface area (Å²) in [6.07, 6.45) is 0. The van der Waals surface area contributed by atoms with Crippen LogP contribution in [0.25, 0.3) is 0 Å². The zero-order chi connectivity index (χ0) is 11.6. The molecule has 0 aliphatic heterocycles. The van der Waals surface area contributed by atoms with Crippen LogP contribution in [0.2, 0.25) is 0 Å². The highest BCUT2D eigenvalue weighted by molar-refractivity contribution is 14.1. The van der Waals surface area contributed by atoms with E-state index in [-0.39, 0.29) is 11.3 Å². The molecule has 3 amide bonds. The number of urea groups is 1. The SMILES string of the molecule is NC(=O)NC(=O)c1cc(I)c(O)c(I)c1. The number of amides is 3.